The molecule has 1 amide bonds. The van der Waals surface area contributed by atoms with E-state index in [1.165, 1.54) is 4.90 Å². The number of halogens is 3. The number of nitro benzene ring substituents is 1. The van der Waals surface area contributed by atoms with Crippen LogP contribution in [-0.4, -0.2) is 29.1 Å². The first kappa shape index (κ1) is 18.5. The quantitative estimate of drug-likeness (QED) is 0.616. The van der Waals surface area contributed by atoms with Gasteiger partial charge in [-0.25, -0.2) is 4.79 Å². The minimum Gasteiger partial charge on any atom is -0.448 e. The molecule has 1 N–H and O–H groups in total. The molecule has 0 bridgehead atoms. The Morgan fingerprint density at radius 3 is 2.44 bits per heavy atom. The molecule has 1 fully saturated rings. The number of anilines is 2. The number of nitro groups is 1. The lowest BCUT2D eigenvalue weighted by Crippen LogP contribution is -2.23. The van der Waals surface area contributed by atoms with E-state index < -0.39 is 28.4 Å². The SMILES string of the molecule is O=C1OCCN1Cc1ccc(Nc2ccc(C(F)(F)F)cc2[N+](=O)[O-])cc1. The molecule has 1 aliphatic heterocycles. The molecule has 0 aromatic heterocycles. The van der Waals surface area contributed by atoms with Crippen LogP contribution >= 0.6 is 0 Å². The molecule has 0 saturated carbocycles. The highest BCUT2D eigenvalue weighted by molar-refractivity contribution is 5.71. The molecule has 142 valence electrons. The Kier molecular flexibility index (Phi) is 4.89. The maximum absolute atomic E-state index is 12.7. The van der Waals surface area contributed by atoms with Crippen molar-refractivity contribution in [3.8, 4) is 0 Å². The number of carbonyl (C=O) groups excluding carboxylic acids is 1. The molecular weight excluding hydrogens is 367 g/mol. The summed E-state index contributed by atoms with van der Waals surface area (Å²) in [6.07, 6.45) is -5.06. The number of benzene rings is 2. The van der Waals surface area contributed by atoms with Gasteiger partial charge in [0.25, 0.3) is 5.69 Å². The highest BCUT2D eigenvalue weighted by Crippen LogP contribution is 2.36. The van der Waals surface area contributed by atoms with Crippen LogP contribution in [0.3, 0.4) is 0 Å². The average Bonchev–Trinajstić information content (AvgIpc) is 3.00. The Morgan fingerprint density at radius 1 is 1.19 bits per heavy atom. The summed E-state index contributed by atoms with van der Waals surface area (Å²) in [5.74, 6) is 0. The summed E-state index contributed by atoms with van der Waals surface area (Å²) < 4.78 is 43.1. The minimum atomic E-state index is -4.67. The van der Waals surface area contributed by atoms with E-state index in [0.29, 0.717) is 31.5 Å². The molecule has 0 spiro atoms. The molecule has 1 saturated heterocycles. The molecular formula is C17H14F3N3O4. The second-order valence-electron chi connectivity index (χ2n) is 5.84. The third-order valence-corrected chi connectivity index (χ3v) is 3.97. The number of alkyl halides is 3. The van der Waals surface area contributed by atoms with E-state index in [0.717, 1.165) is 17.7 Å². The monoisotopic (exact) mass is 381 g/mol. The van der Waals surface area contributed by atoms with Crippen LogP contribution < -0.4 is 5.32 Å². The van der Waals surface area contributed by atoms with Gasteiger partial charge in [-0.1, -0.05) is 12.1 Å². The van der Waals surface area contributed by atoms with Crippen molar-refractivity contribution in [3.05, 3.63) is 63.7 Å². The lowest BCUT2D eigenvalue weighted by atomic mass is 10.1. The van der Waals surface area contributed by atoms with Crippen molar-refractivity contribution < 1.29 is 27.6 Å². The molecule has 2 aromatic rings. The van der Waals surface area contributed by atoms with E-state index in [2.05, 4.69) is 5.32 Å². The summed E-state index contributed by atoms with van der Waals surface area (Å²) in [6.45, 7) is 1.20. The largest absolute Gasteiger partial charge is 0.448 e. The first-order chi connectivity index (χ1) is 12.7. The van der Waals surface area contributed by atoms with E-state index in [4.69, 9.17) is 4.74 Å². The molecule has 7 nitrogen and oxygen atoms in total. The van der Waals surface area contributed by atoms with Crippen molar-refractivity contribution in [1.29, 1.82) is 0 Å². The number of nitrogens with zero attached hydrogens (tertiary/aromatic N) is 2. The molecule has 0 atom stereocenters. The van der Waals surface area contributed by atoms with Crippen molar-refractivity contribution in [2.45, 2.75) is 12.7 Å². The van der Waals surface area contributed by atoms with E-state index >= 15 is 0 Å². The van der Waals surface area contributed by atoms with Gasteiger partial charge in [0.05, 0.1) is 17.0 Å². The van der Waals surface area contributed by atoms with Crippen molar-refractivity contribution in [2.24, 2.45) is 0 Å². The molecule has 1 heterocycles. The Bertz CT molecular complexity index is 869. The maximum Gasteiger partial charge on any atom is 0.416 e. The first-order valence-corrected chi connectivity index (χ1v) is 7.87. The van der Waals surface area contributed by atoms with Gasteiger partial charge in [0.15, 0.2) is 0 Å². The minimum absolute atomic E-state index is 0.0520. The van der Waals surface area contributed by atoms with Crippen LogP contribution in [0, 0.1) is 10.1 Å². The summed E-state index contributed by atoms with van der Waals surface area (Å²) in [5.41, 5.74) is -0.530. The number of carbonyl (C=O) groups is 1. The van der Waals surface area contributed by atoms with Crippen molar-refractivity contribution >= 4 is 23.2 Å². The number of amides is 1. The summed E-state index contributed by atoms with van der Waals surface area (Å²) in [5, 5.41) is 13.9. The van der Waals surface area contributed by atoms with Gasteiger partial charge in [-0.2, -0.15) is 13.2 Å². The zero-order valence-corrected chi connectivity index (χ0v) is 13.8. The van der Waals surface area contributed by atoms with Gasteiger partial charge < -0.3 is 15.0 Å². The van der Waals surface area contributed by atoms with Crippen LogP contribution in [0.1, 0.15) is 11.1 Å². The zero-order chi connectivity index (χ0) is 19.6. The third-order valence-electron chi connectivity index (χ3n) is 3.97. The molecule has 3 rings (SSSR count). The molecule has 2 aromatic carbocycles. The van der Waals surface area contributed by atoms with E-state index in [-0.39, 0.29) is 5.69 Å². The number of hydrogen-bond acceptors (Lipinski definition) is 5. The maximum atomic E-state index is 12.7. The average molecular weight is 381 g/mol. The Balaban J connectivity index is 1.76. The van der Waals surface area contributed by atoms with Crippen LogP contribution in [0.5, 0.6) is 0 Å². The lowest BCUT2D eigenvalue weighted by Gasteiger charge is -2.13. The number of hydrogen-bond donors (Lipinski definition) is 1. The van der Waals surface area contributed by atoms with Gasteiger partial charge in [0.2, 0.25) is 0 Å². The van der Waals surface area contributed by atoms with Crippen LogP contribution in [0.15, 0.2) is 42.5 Å². The van der Waals surface area contributed by atoms with Crippen LogP contribution in [0.4, 0.5) is 35.0 Å². The Hall–Kier alpha value is -3.30. The predicted octanol–water partition coefficient (Wildman–Crippen LogP) is 4.31. The van der Waals surface area contributed by atoms with Crippen molar-refractivity contribution in [1.82, 2.24) is 4.90 Å². The van der Waals surface area contributed by atoms with Crippen molar-refractivity contribution in [2.75, 3.05) is 18.5 Å². The van der Waals surface area contributed by atoms with Gasteiger partial charge in [-0.3, -0.25) is 10.1 Å². The Labute approximate surface area is 151 Å². The molecule has 1 aliphatic rings. The normalized spacial score (nSPS) is 14.2. The fourth-order valence-corrected chi connectivity index (χ4v) is 2.60. The summed E-state index contributed by atoms with van der Waals surface area (Å²) in [7, 11) is 0. The topological polar surface area (TPSA) is 84.7 Å². The first-order valence-electron chi connectivity index (χ1n) is 7.87. The fraction of sp³-hybridized carbons (Fsp3) is 0.235. The lowest BCUT2D eigenvalue weighted by molar-refractivity contribution is -0.384. The fourth-order valence-electron chi connectivity index (χ4n) is 2.60. The van der Waals surface area contributed by atoms with Gasteiger partial charge in [0, 0.05) is 18.3 Å². The molecule has 0 aliphatic carbocycles. The number of ether oxygens (including phenoxy) is 1. The van der Waals surface area contributed by atoms with Gasteiger partial charge in [-0.05, 0) is 29.8 Å². The number of nitrogens with one attached hydrogen (secondary N) is 1. The van der Waals surface area contributed by atoms with E-state index in [9.17, 15) is 28.1 Å². The third kappa shape index (κ3) is 4.27. The summed E-state index contributed by atoms with van der Waals surface area (Å²) in [6, 6.07) is 8.97. The van der Waals surface area contributed by atoms with Gasteiger partial charge in [0.1, 0.15) is 12.3 Å². The molecule has 10 heteroatoms. The summed E-state index contributed by atoms with van der Waals surface area (Å²) in [4.78, 5) is 23.2. The standard InChI is InChI=1S/C17H14F3N3O4/c18-17(19,20)12-3-6-14(15(9-12)23(25)26)21-13-4-1-11(2-5-13)10-22-7-8-27-16(22)24/h1-6,9,21H,7-8,10H2. The Morgan fingerprint density at radius 2 is 1.89 bits per heavy atom. The van der Waals surface area contributed by atoms with Crippen LogP contribution in [0.2, 0.25) is 0 Å². The highest BCUT2D eigenvalue weighted by atomic mass is 19.4. The second kappa shape index (κ2) is 7.14. The molecule has 0 unspecified atom stereocenters. The van der Waals surface area contributed by atoms with Gasteiger partial charge >= 0.3 is 12.3 Å². The van der Waals surface area contributed by atoms with Crippen LogP contribution in [-0.2, 0) is 17.5 Å². The highest BCUT2D eigenvalue weighted by Gasteiger charge is 2.33. The second-order valence-corrected chi connectivity index (χ2v) is 5.84. The van der Waals surface area contributed by atoms with E-state index in [1.54, 1.807) is 24.3 Å². The smallest absolute Gasteiger partial charge is 0.416 e. The molecule has 27 heavy (non-hydrogen) atoms. The van der Waals surface area contributed by atoms with Gasteiger partial charge in [-0.15, -0.1) is 0 Å². The molecule has 0 radical (unpaired) electrons. The number of rotatable bonds is 5. The predicted molar refractivity (Wildman–Crippen MR) is 89.6 cm³/mol. The van der Waals surface area contributed by atoms with E-state index in [1.807, 2.05) is 0 Å². The van der Waals surface area contributed by atoms with Crippen molar-refractivity contribution in [3.63, 3.8) is 0 Å². The zero-order valence-electron chi connectivity index (χ0n) is 13.8. The summed E-state index contributed by atoms with van der Waals surface area (Å²) >= 11 is 0. The number of cyclic esters (lactones) is 1. The van der Waals surface area contributed by atoms with Crippen LogP contribution in [0.25, 0.3) is 0 Å².